The second-order valence-electron chi connectivity index (χ2n) is 6.50. The van der Waals surface area contributed by atoms with Crippen molar-refractivity contribution in [1.82, 2.24) is 9.97 Å². The number of sulfone groups is 1. The molecular formula is C21H18N2O4S. The highest BCUT2D eigenvalue weighted by Crippen LogP contribution is 2.31. The van der Waals surface area contributed by atoms with Gasteiger partial charge in [-0.3, -0.25) is 4.79 Å². The lowest BCUT2D eigenvalue weighted by molar-refractivity contribution is 0.295. The molecule has 28 heavy (non-hydrogen) atoms. The molecule has 0 atom stereocenters. The average molecular weight is 394 g/mol. The van der Waals surface area contributed by atoms with Crippen molar-refractivity contribution < 1.29 is 13.5 Å². The summed E-state index contributed by atoms with van der Waals surface area (Å²) in [6.07, 6.45) is 1.83. The molecular weight excluding hydrogens is 376 g/mol. The van der Waals surface area contributed by atoms with Gasteiger partial charge >= 0.3 is 0 Å². The van der Waals surface area contributed by atoms with Crippen LogP contribution in [0.1, 0.15) is 6.42 Å². The summed E-state index contributed by atoms with van der Waals surface area (Å²) in [4.78, 5) is 19.6. The van der Waals surface area contributed by atoms with Crippen LogP contribution in [0.2, 0.25) is 0 Å². The maximum atomic E-state index is 12.3. The fourth-order valence-electron chi connectivity index (χ4n) is 3.36. The summed E-state index contributed by atoms with van der Waals surface area (Å²) in [5.41, 5.74) is 1.97. The van der Waals surface area contributed by atoms with Gasteiger partial charge in [0.25, 0.3) is 5.56 Å². The van der Waals surface area contributed by atoms with E-state index in [1.165, 1.54) is 0 Å². The van der Waals surface area contributed by atoms with Crippen LogP contribution in [0.3, 0.4) is 0 Å². The van der Waals surface area contributed by atoms with Crippen LogP contribution < -0.4 is 5.56 Å². The van der Waals surface area contributed by atoms with Gasteiger partial charge in [-0.1, -0.05) is 30.3 Å². The first kappa shape index (κ1) is 18.3. The monoisotopic (exact) mass is 394 g/mol. The maximum Gasteiger partial charge on any atom is 0.257 e. The Kier molecular flexibility index (Phi) is 4.70. The van der Waals surface area contributed by atoms with Crippen molar-refractivity contribution in [2.45, 2.75) is 11.3 Å². The van der Waals surface area contributed by atoms with E-state index >= 15 is 0 Å². The molecule has 0 aliphatic rings. The van der Waals surface area contributed by atoms with E-state index in [4.69, 9.17) is 5.11 Å². The zero-order chi connectivity index (χ0) is 19.7. The minimum Gasteiger partial charge on any atom is -0.396 e. The molecule has 0 bridgehead atoms. The zero-order valence-electron chi connectivity index (χ0n) is 14.9. The Morgan fingerprint density at radius 3 is 2.39 bits per heavy atom. The molecule has 2 N–H and O–H groups in total. The number of aromatic amines is 1. The molecule has 0 radical (unpaired) electrons. The predicted octanol–water partition coefficient (Wildman–Crippen LogP) is 2.90. The fraction of sp³-hybridized carbons (Fsp3) is 0.143. The first-order chi connectivity index (χ1) is 13.5. The standard InChI is InChI=1S/C21H18N2O4S/c24-12-3-13-28(26,27)15-8-6-14(7-9-15)16-10-11-22-20-19(16)17-4-1-2-5-18(17)21(25)23-20/h1-2,4-11,24H,3,12-13H2,(H,22,23,25). The lowest BCUT2D eigenvalue weighted by atomic mass is 9.99. The van der Waals surface area contributed by atoms with E-state index in [1.54, 1.807) is 36.5 Å². The summed E-state index contributed by atoms with van der Waals surface area (Å²) in [6, 6.07) is 15.8. The van der Waals surface area contributed by atoms with E-state index in [0.29, 0.717) is 11.0 Å². The molecule has 0 saturated carbocycles. The van der Waals surface area contributed by atoms with Gasteiger partial charge in [-0.2, -0.15) is 0 Å². The van der Waals surface area contributed by atoms with Crippen LogP contribution in [0.25, 0.3) is 32.9 Å². The molecule has 0 spiro atoms. The fourth-order valence-corrected chi connectivity index (χ4v) is 4.65. The number of aromatic nitrogens is 2. The van der Waals surface area contributed by atoms with Crippen LogP contribution >= 0.6 is 0 Å². The van der Waals surface area contributed by atoms with E-state index in [0.717, 1.165) is 21.9 Å². The molecule has 2 aromatic heterocycles. The number of benzene rings is 2. The first-order valence-electron chi connectivity index (χ1n) is 8.85. The van der Waals surface area contributed by atoms with Crippen molar-refractivity contribution in [1.29, 1.82) is 0 Å². The number of fused-ring (bicyclic) bond motifs is 3. The lowest BCUT2D eigenvalue weighted by Gasteiger charge is -2.10. The Morgan fingerprint density at radius 1 is 0.964 bits per heavy atom. The maximum absolute atomic E-state index is 12.3. The Labute approximate surface area is 161 Å². The molecule has 2 aromatic carbocycles. The van der Waals surface area contributed by atoms with Crippen molar-refractivity contribution >= 4 is 31.6 Å². The van der Waals surface area contributed by atoms with E-state index in [1.807, 2.05) is 24.3 Å². The van der Waals surface area contributed by atoms with Gasteiger partial charge in [0.05, 0.1) is 10.6 Å². The predicted molar refractivity (Wildman–Crippen MR) is 109 cm³/mol. The van der Waals surface area contributed by atoms with Gasteiger partial charge in [0, 0.05) is 23.6 Å². The first-order valence-corrected chi connectivity index (χ1v) is 10.5. The number of aliphatic hydroxyl groups is 1. The summed E-state index contributed by atoms with van der Waals surface area (Å²) in [5.74, 6) is -0.0904. The number of hydrogen-bond acceptors (Lipinski definition) is 5. The minimum absolute atomic E-state index is 0.0904. The normalized spacial score (nSPS) is 11.9. The van der Waals surface area contributed by atoms with E-state index in [2.05, 4.69) is 9.97 Å². The molecule has 6 nitrogen and oxygen atoms in total. The molecule has 0 aliphatic heterocycles. The van der Waals surface area contributed by atoms with E-state index < -0.39 is 9.84 Å². The van der Waals surface area contributed by atoms with Crippen LogP contribution in [-0.2, 0) is 9.84 Å². The highest BCUT2D eigenvalue weighted by atomic mass is 32.2. The molecule has 0 fully saturated rings. The Bertz CT molecular complexity index is 1330. The van der Waals surface area contributed by atoms with Crippen molar-refractivity contribution in [2.24, 2.45) is 0 Å². The molecule has 4 aromatic rings. The molecule has 142 valence electrons. The Morgan fingerprint density at radius 2 is 1.68 bits per heavy atom. The highest BCUT2D eigenvalue weighted by Gasteiger charge is 2.15. The number of pyridine rings is 2. The minimum atomic E-state index is -3.42. The van der Waals surface area contributed by atoms with Gasteiger partial charge in [-0.05, 0) is 47.2 Å². The third kappa shape index (κ3) is 3.19. The number of nitrogens with zero attached hydrogens (tertiary/aromatic N) is 1. The number of nitrogens with one attached hydrogen (secondary N) is 1. The van der Waals surface area contributed by atoms with E-state index in [-0.39, 0.29) is 29.2 Å². The highest BCUT2D eigenvalue weighted by molar-refractivity contribution is 7.91. The smallest absolute Gasteiger partial charge is 0.257 e. The molecule has 0 saturated heterocycles. The summed E-state index contributed by atoms with van der Waals surface area (Å²) in [6.45, 7) is -0.161. The summed E-state index contributed by atoms with van der Waals surface area (Å²) < 4.78 is 24.6. The molecule has 0 aliphatic carbocycles. The van der Waals surface area contributed by atoms with Crippen LogP contribution in [-0.4, -0.2) is 35.9 Å². The van der Waals surface area contributed by atoms with Crippen LogP contribution in [0.15, 0.2) is 70.5 Å². The van der Waals surface area contributed by atoms with Gasteiger partial charge in [-0.25, -0.2) is 13.4 Å². The van der Waals surface area contributed by atoms with Gasteiger partial charge in [0.2, 0.25) is 0 Å². The quantitative estimate of drug-likeness (QED) is 0.507. The average Bonchev–Trinajstić information content (AvgIpc) is 2.72. The Hall–Kier alpha value is -3.03. The third-order valence-corrected chi connectivity index (χ3v) is 6.54. The second kappa shape index (κ2) is 7.18. The van der Waals surface area contributed by atoms with Crippen molar-refractivity contribution in [2.75, 3.05) is 12.4 Å². The van der Waals surface area contributed by atoms with Gasteiger partial charge in [-0.15, -0.1) is 0 Å². The SMILES string of the molecule is O=c1[nH]c2nccc(-c3ccc(S(=O)(=O)CCCO)cc3)c2c2ccccc12. The summed E-state index contributed by atoms with van der Waals surface area (Å²) >= 11 is 0. The lowest BCUT2D eigenvalue weighted by Crippen LogP contribution is -2.08. The van der Waals surface area contributed by atoms with Crippen molar-refractivity contribution in [3.8, 4) is 11.1 Å². The second-order valence-corrected chi connectivity index (χ2v) is 8.61. The number of rotatable bonds is 5. The topological polar surface area (TPSA) is 100 Å². The summed E-state index contributed by atoms with van der Waals surface area (Å²) in [7, 11) is -3.42. The van der Waals surface area contributed by atoms with Crippen LogP contribution in [0, 0.1) is 0 Å². The van der Waals surface area contributed by atoms with Gasteiger partial charge < -0.3 is 10.1 Å². The van der Waals surface area contributed by atoms with Crippen molar-refractivity contribution in [3.05, 3.63) is 71.1 Å². The van der Waals surface area contributed by atoms with Gasteiger partial charge in [0.1, 0.15) is 5.65 Å². The Balaban J connectivity index is 1.88. The molecule has 0 amide bonds. The number of aliphatic hydroxyl groups excluding tert-OH is 1. The molecule has 7 heteroatoms. The number of H-pyrrole nitrogens is 1. The van der Waals surface area contributed by atoms with Crippen LogP contribution in [0.4, 0.5) is 0 Å². The van der Waals surface area contributed by atoms with Gasteiger partial charge in [0.15, 0.2) is 9.84 Å². The molecule has 2 heterocycles. The molecule has 4 rings (SSSR count). The van der Waals surface area contributed by atoms with Crippen LogP contribution in [0.5, 0.6) is 0 Å². The van der Waals surface area contributed by atoms with E-state index in [9.17, 15) is 13.2 Å². The number of hydrogen-bond donors (Lipinski definition) is 2. The van der Waals surface area contributed by atoms with Crippen molar-refractivity contribution in [3.63, 3.8) is 0 Å². The zero-order valence-corrected chi connectivity index (χ0v) is 15.7. The summed E-state index contributed by atoms with van der Waals surface area (Å²) in [5, 5.41) is 11.1. The molecule has 0 unspecified atom stereocenters. The largest absolute Gasteiger partial charge is 0.396 e. The third-order valence-electron chi connectivity index (χ3n) is 4.72.